The molecule has 1 aliphatic heterocycles. The maximum Gasteiger partial charge on any atom is 0.340 e. The Balaban J connectivity index is 1.98. The van der Waals surface area contributed by atoms with Crippen LogP contribution < -0.4 is 16.4 Å². The summed E-state index contributed by atoms with van der Waals surface area (Å²) in [5, 5.41) is 15.4. The zero-order valence-electron chi connectivity index (χ0n) is 11.2. The van der Waals surface area contributed by atoms with Gasteiger partial charge in [0, 0.05) is 39.3 Å². The van der Waals surface area contributed by atoms with Crippen molar-refractivity contribution in [1.29, 1.82) is 0 Å². The highest BCUT2D eigenvalue weighted by Crippen LogP contribution is 2.24. The van der Waals surface area contributed by atoms with Crippen LogP contribution in [0, 0.1) is 5.82 Å². The van der Waals surface area contributed by atoms with Gasteiger partial charge in [-0.15, -0.1) is 0 Å². The number of hydrogen-bond donors (Lipinski definition) is 4. The number of carbonyl (C=O) groups is 1. The van der Waals surface area contributed by atoms with E-state index in [2.05, 4.69) is 15.5 Å². The summed E-state index contributed by atoms with van der Waals surface area (Å²) in [7, 11) is 0. The van der Waals surface area contributed by atoms with Gasteiger partial charge in [0.2, 0.25) is 0 Å². The van der Waals surface area contributed by atoms with E-state index in [1.165, 1.54) is 12.1 Å². The van der Waals surface area contributed by atoms with Gasteiger partial charge < -0.3 is 21.5 Å². The van der Waals surface area contributed by atoms with E-state index < -0.39 is 11.8 Å². The molecule has 0 unspecified atom stereocenters. The molecule has 1 heterocycles. The Morgan fingerprint density at radius 2 is 2.15 bits per heavy atom. The molecular formula is C13H19FN4O2. The van der Waals surface area contributed by atoms with E-state index in [9.17, 15) is 9.18 Å². The largest absolute Gasteiger partial charge is 0.478 e. The fourth-order valence-corrected chi connectivity index (χ4v) is 2.26. The van der Waals surface area contributed by atoms with Crippen molar-refractivity contribution in [2.24, 2.45) is 0 Å². The van der Waals surface area contributed by atoms with Crippen LogP contribution in [0.2, 0.25) is 0 Å². The number of nitrogens with two attached hydrogens (primary N) is 1. The molecule has 0 bridgehead atoms. The van der Waals surface area contributed by atoms with E-state index in [-0.39, 0.29) is 11.3 Å². The van der Waals surface area contributed by atoms with E-state index in [0.717, 1.165) is 32.7 Å². The normalized spacial score (nSPS) is 16.1. The summed E-state index contributed by atoms with van der Waals surface area (Å²) >= 11 is 0. The smallest absolute Gasteiger partial charge is 0.340 e. The zero-order valence-corrected chi connectivity index (χ0v) is 11.2. The van der Waals surface area contributed by atoms with Crippen molar-refractivity contribution in [2.45, 2.75) is 0 Å². The number of carboxylic acids is 1. The molecule has 7 heteroatoms. The molecular weight excluding hydrogens is 263 g/mol. The molecule has 0 radical (unpaired) electrons. The molecule has 0 aliphatic carbocycles. The summed E-state index contributed by atoms with van der Waals surface area (Å²) < 4.78 is 13.3. The average molecular weight is 282 g/mol. The van der Waals surface area contributed by atoms with Gasteiger partial charge in [-0.1, -0.05) is 0 Å². The van der Waals surface area contributed by atoms with Crippen molar-refractivity contribution in [3.8, 4) is 0 Å². The first-order chi connectivity index (χ1) is 9.59. The maximum atomic E-state index is 13.3. The second kappa shape index (κ2) is 6.53. The molecule has 110 valence electrons. The fraction of sp³-hybridized carbons (Fsp3) is 0.462. The second-order valence-corrected chi connectivity index (χ2v) is 4.71. The number of anilines is 2. The van der Waals surface area contributed by atoms with Gasteiger partial charge in [0.05, 0.1) is 11.4 Å². The molecule has 1 aromatic rings. The molecule has 0 aromatic heterocycles. The number of rotatable bonds is 5. The molecule has 5 N–H and O–H groups in total. The van der Waals surface area contributed by atoms with E-state index >= 15 is 0 Å². The van der Waals surface area contributed by atoms with Crippen LogP contribution in [0.25, 0.3) is 0 Å². The summed E-state index contributed by atoms with van der Waals surface area (Å²) in [6.45, 7) is 5.26. The molecule has 1 aromatic carbocycles. The van der Waals surface area contributed by atoms with Crippen molar-refractivity contribution >= 4 is 17.3 Å². The van der Waals surface area contributed by atoms with Crippen molar-refractivity contribution in [3.05, 3.63) is 23.5 Å². The predicted molar refractivity (Wildman–Crippen MR) is 75.6 cm³/mol. The minimum absolute atomic E-state index is 0.203. The molecule has 6 nitrogen and oxygen atoms in total. The first kappa shape index (κ1) is 14.5. The molecule has 1 saturated heterocycles. The second-order valence-electron chi connectivity index (χ2n) is 4.71. The van der Waals surface area contributed by atoms with Crippen molar-refractivity contribution in [3.63, 3.8) is 0 Å². The lowest BCUT2D eigenvalue weighted by Crippen LogP contribution is -2.45. The van der Waals surface area contributed by atoms with Crippen LogP contribution in [0.15, 0.2) is 12.1 Å². The molecule has 0 spiro atoms. The van der Waals surface area contributed by atoms with Crippen LogP contribution in [0.1, 0.15) is 10.4 Å². The Labute approximate surface area is 116 Å². The lowest BCUT2D eigenvalue weighted by molar-refractivity contribution is 0.0698. The Kier molecular flexibility index (Phi) is 4.75. The van der Waals surface area contributed by atoms with Crippen LogP contribution >= 0.6 is 0 Å². The molecule has 0 atom stereocenters. The highest BCUT2D eigenvalue weighted by atomic mass is 19.1. The van der Waals surface area contributed by atoms with E-state index in [1.54, 1.807) is 0 Å². The van der Waals surface area contributed by atoms with Gasteiger partial charge in [-0.2, -0.15) is 0 Å². The molecule has 2 rings (SSSR count). The van der Waals surface area contributed by atoms with Gasteiger partial charge in [-0.05, 0) is 12.1 Å². The number of carboxylic acid groups (broad SMARTS) is 1. The van der Waals surface area contributed by atoms with Gasteiger partial charge in [0.25, 0.3) is 0 Å². The van der Waals surface area contributed by atoms with E-state index in [4.69, 9.17) is 10.8 Å². The first-order valence-electron chi connectivity index (χ1n) is 6.58. The number of benzene rings is 1. The van der Waals surface area contributed by atoms with Gasteiger partial charge in [0.1, 0.15) is 11.4 Å². The Bertz CT molecular complexity index is 490. The van der Waals surface area contributed by atoms with Gasteiger partial charge in [-0.3, -0.25) is 4.90 Å². The lowest BCUT2D eigenvalue weighted by Gasteiger charge is -2.27. The monoisotopic (exact) mass is 282 g/mol. The summed E-state index contributed by atoms with van der Waals surface area (Å²) in [5.41, 5.74) is 5.31. The molecule has 1 aliphatic rings. The first-order valence-corrected chi connectivity index (χ1v) is 6.58. The Morgan fingerprint density at radius 3 is 2.80 bits per heavy atom. The predicted octanol–water partition coefficient (Wildman–Crippen LogP) is 0.423. The number of piperazine rings is 1. The van der Waals surface area contributed by atoms with E-state index in [0.29, 0.717) is 12.2 Å². The van der Waals surface area contributed by atoms with Gasteiger partial charge in [-0.25, -0.2) is 9.18 Å². The van der Waals surface area contributed by atoms with E-state index in [1.807, 2.05) is 0 Å². The minimum Gasteiger partial charge on any atom is -0.478 e. The Hall–Kier alpha value is -1.86. The van der Waals surface area contributed by atoms with Crippen LogP contribution in [0.5, 0.6) is 0 Å². The minimum atomic E-state index is -1.23. The van der Waals surface area contributed by atoms with Gasteiger partial charge in [0.15, 0.2) is 0 Å². The number of hydrogen-bond acceptors (Lipinski definition) is 5. The number of nitrogens with zero attached hydrogens (tertiary/aromatic N) is 1. The zero-order chi connectivity index (χ0) is 14.5. The SMILES string of the molecule is Nc1c(F)ccc(NCCN2CCNCC2)c1C(=O)O. The lowest BCUT2D eigenvalue weighted by atomic mass is 10.1. The number of nitrogens with one attached hydrogen (secondary N) is 2. The van der Waals surface area contributed by atoms with Crippen LogP contribution in [0.4, 0.5) is 15.8 Å². The van der Waals surface area contributed by atoms with Crippen molar-refractivity contribution in [1.82, 2.24) is 10.2 Å². The van der Waals surface area contributed by atoms with Crippen molar-refractivity contribution < 1.29 is 14.3 Å². The summed E-state index contributed by atoms with van der Waals surface area (Å²) in [6.07, 6.45) is 0. The number of nitrogen functional groups attached to an aromatic ring is 1. The van der Waals surface area contributed by atoms with Gasteiger partial charge >= 0.3 is 5.97 Å². The highest BCUT2D eigenvalue weighted by Gasteiger charge is 2.17. The van der Waals surface area contributed by atoms with Crippen molar-refractivity contribution in [2.75, 3.05) is 50.3 Å². The maximum absolute atomic E-state index is 13.3. The standard InChI is InChI=1S/C13H19FN4O2/c14-9-1-2-10(11(12(9)15)13(19)20)17-5-8-18-6-3-16-4-7-18/h1-2,16-17H,3-8,15H2,(H,19,20). The van der Waals surface area contributed by atoms with Crippen LogP contribution in [0.3, 0.4) is 0 Å². The third-order valence-electron chi connectivity index (χ3n) is 3.36. The molecule has 20 heavy (non-hydrogen) atoms. The summed E-state index contributed by atoms with van der Waals surface area (Å²) in [6, 6.07) is 2.59. The highest BCUT2D eigenvalue weighted by molar-refractivity contribution is 6.00. The third kappa shape index (κ3) is 3.37. The molecule has 1 fully saturated rings. The Morgan fingerprint density at radius 1 is 1.45 bits per heavy atom. The quantitative estimate of drug-likeness (QED) is 0.585. The topological polar surface area (TPSA) is 90.6 Å². The third-order valence-corrected chi connectivity index (χ3v) is 3.36. The molecule has 0 amide bonds. The average Bonchev–Trinajstić information content (AvgIpc) is 2.43. The summed E-state index contributed by atoms with van der Waals surface area (Å²) in [4.78, 5) is 13.4. The summed E-state index contributed by atoms with van der Waals surface area (Å²) in [5.74, 6) is -1.94. The van der Waals surface area contributed by atoms with Crippen LogP contribution in [-0.2, 0) is 0 Å². The number of aromatic carboxylic acids is 1. The fourth-order valence-electron chi connectivity index (χ4n) is 2.26. The number of halogens is 1. The van der Waals surface area contributed by atoms with Crippen LogP contribution in [-0.4, -0.2) is 55.2 Å². The molecule has 0 saturated carbocycles.